The molecule has 3 rings (SSSR count). The van der Waals surface area contributed by atoms with Crippen molar-refractivity contribution in [1.82, 2.24) is 19.9 Å². The zero-order valence-electron chi connectivity index (χ0n) is 12.2. The smallest absolute Gasteiger partial charge is 0.230 e. The zero-order valence-corrected chi connectivity index (χ0v) is 12.2. The van der Waals surface area contributed by atoms with Crippen molar-refractivity contribution in [2.45, 2.75) is 31.7 Å². The van der Waals surface area contributed by atoms with E-state index in [1.807, 2.05) is 46.1 Å². The lowest BCUT2D eigenvalue weighted by molar-refractivity contribution is -0.132. The van der Waals surface area contributed by atoms with Crippen LogP contribution in [-0.4, -0.2) is 38.9 Å². The molecule has 0 bridgehead atoms. The SMILES string of the molecule is CCC(C(=O)N1CCC(n2ccnn2)C1)c1ccccc1. The topological polar surface area (TPSA) is 51.0 Å². The number of hydrogen-bond donors (Lipinski definition) is 0. The van der Waals surface area contributed by atoms with E-state index < -0.39 is 0 Å². The average molecular weight is 284 g/mol. The Morgan fingerprint density at radius 2 is 2.19 bits per heavy atom. The summed E-state index contributed by atoms with van der Waals surface area (Å²) in [6.45, 7) is 3.60. The fourth-order valence-corrected chi connectivity index (χ4v) is 3.03. The largest absolute Gasteiger partial charge is 0.340 e. The number of amides is 1. The standard InChI is InChI=1S/C16H20N4O/c1-2-15(13-6-4-3-5-7-13)16(21)19-10-8-14(12-19)20-11-9-17-18-20/h3-7,9,11,14-15H,2,8,10,12H2,1H3. The highest BCUT2D eigenvalue weighted by atomic mass is 16.2. The van der Waals surface area contributed by atoms with Crippen molar-refractivity contribution in [2.24, 2.45) is 0 Å². The predicted octanol–water partition coefficient (Wildman–Crippen LogP) is 2.25. The fraction of sp³-hybridized carbons (Fsp3) is 0.438. The van der Waals surface area contributed by atoms with Gasteiger partial charge in [0.05, 0.1) is 18.2 Å². The van der Waals surface area contributed by atoms with Crippen molar-refractivity contribution in [3.8, 4) is 0 Å². The van der Waals surface area contributed by atoms with Gasteiger partial charge in [0.2, 0.25) is 5.91 Å². The second-order valence-electron chi connectivity index (χ2n) is 5.48. The molecule has 21 heavy (non-hydrogen) atoms. The third-order valence-corrected chi connectivity index (χ3v) is 4.20. The Morgan fingerprint density at radius 1 is 1.38 bits per heavy atom. The number of aromatic nitrogens is 3. The predicted molar refractivity (Wildman–Crippen MR) is 79.7 cm³/mol. The third kappa shape index (κ3) is 2.82. The first-order valence-electron chi connectivity index (χ1n) is 7.49. The van der Waals surface area contributed by atoms with Gasteiger partial charge in [-0.1, -0.05) is 42.5 Å². The fourth-order valence-electron chi connectivity index (χ4n) is 3.03. The molecular formula is C16H20N4O. The van der Waals surface area contributed by atoms with Crippen molar-refractivity contribution in [1.29, 1.82) is 0 Å². The molecule has 0 aliphatic carbocycles. The molecule has 2 atom stereocenters. The van der Waals surface area contributed by atoms with E-state index in [1.165, 1.54) is 0 Å². The highest BCUT2D eigenvalue weighted by molar-refractivity contribution is 5.84. The minimum atomic E-state index is -0.0410. The molecule has 0 N–H and O–H groups in total. The van der Waals surface area contributed by atoms with Crippen molar-refractivity contribution in [2.75, 3.05) is 13.1 Å². The van der Waals surface area contributed by atoms with Crippen molar-refractivity contribution >= 4 is 5.91 Å². The first-order chi connectivity index (χ1) is 10.3. The molecule has 1 aliphatic rings. The van der Waals surface area contributed by atoms with Crippen LogP contribution in [0.1, 0.15) is 37.3 Å². The van der Waals surface area contributed by atoms with Gasteiger partial charge in [-0.05, 0) is 18.4 Å². The lowest BCUT2D eigenvalue weighted by Gasteiger charge is -2.23. The summed E-state index contributed by atoms with van der Waals surface area (Å²) < 4.78 is 1.86. The monoisotopic (exact) mass is 284 g/mol. The van der Waals surface area contributed by atoms with E-state index in [4.69, 9.17) is 0 Å². The molecular weight excluding hydrogens is 264 g/mol. The molecule has 2 heterocycles. The lowest BCUT2D eigenvalue weighted by atomic mass is 9.95. The van der Waals surface area contributed by atoms with E-state index in [0.717, 1.165) is 31.5 Å². The van der Waals surface area contributed by atoms with Gasteiger partial charge in [-0.3, -0.25) is 4.79 Å². The van der Waals surface area contributed by atoms with Crippen LogP contribution < -0.4 is 0 Å². The van der Waals surface area contributed by atoms with Gasteiger partial charge in [-0.25, -0.2) is 4.68 Å². The Bertz CT molecular complexity index is 582. The van der Waals surface area contributed by atoms with Gasteiger partial charge in [-0.2, -0.15) is 0 Å². The molecule has 1 aliphatic heterocycles. The van der Waals surface area contributed by atoms with Crippen LogP contribution in [0.25, 0.3) is 0 Å². The molecule has 2 unspecified atom stereocenters. The van der Waals surface area contributed by atoms with Crippen LogP contribution in [0, 0.1) is 0 Å². The van der Waals surface area contributed by atoms with Gasteiger partial charge in [0.15, 0.2) is 0 Å². The molecule has 0 spiro atoms. The van der Waals surface area contributed by atoms with Crippen molar-refractivity contribution in [3.63, 3.8) is 0 Å². The quantitative estimate of drug-likeness (QED) is 0.865. The first kappa shape index (κ1) is 13.8. The second kappa shape index (κ2) is 6.08. The molecule has 2 aromatic rings. The molecule has 5 nitrogen and oxygen atoms in total. The molecule has 1 aromatic carbocycles. The van der Waals surface area contributed by atoms with Crippen LogP contribution >= 0.6 is 0 Å². The Kier molecular flexibility index (Phi) is 3.99. The van der Waals surface area contributed by atoms with E-state index in [2.05, 4.69) is 17.2 Å². The minimum absolute atomic E-state index is 0.0410. The summed E-state index contributed by atoms with van der Waals surface area (Å²) >= 11 is 0. The second-order valence-corrected chi connectivity index (χ2v) is 5.48. The molecule has 1 fully saturated rings. The van der Waals surface area contributed by atoms with Crippen LogP contribution in [0.5, 0.6) is 0 Å². The van der Waals surface area contributed by atoms with Crippen LogP contribution in [0.15, 0.2) is 42.7 Å². The number of carbonyl (C=O) groups is 1. The Morgan fingerprint density at radius 3 is 2.86 bits per heavy atom. The summed E-state index contributed by atoms with van der Waals surface area (Å²) in [5, 5.41) is 7.89. The van der Waals surface area contributed by atoms with Crippen molar-refractivity contribution in [3.05, 3.63) is 48.3 Å². The molecule has 1 aromatic heterocycles. The van der Waals surface area contributed by atoms with Crippen LogP contribution in [0.4, 0.5) is 0 Å². The number of carbonyl (C=O) groups excluding carboxylic acids is 1. The highest BCUT2D eigenvalue weighted by Crippen LogP contribution is 2.27. The van der Waals surface area contributed by atoms with E-state index in [1.54, 1.807) is 6.20 Å². The summed E-state index contributed by atoms with van der Waals surface area (Å²) in [5.41, 5.74) is 1.11. The maximum Gasteiger partial charge on any atom is 0.230 e. The molecule has 110 valence electrons. The van der Waals surface area contributed by atoms with Gasteiger partial charge >= 0.3 is 0 Å². The Labute approximate surface area is 124 Å². The molecule has 0 radical (unpaired) electrons. The van der Waals surface area contributed by atoms with Gasteiger partial charge in [0.1, 0.15) is 0 Å². The van der Waals surface area contributed by atoms with Crippen LogP contribution in [0.2, 0.25) is 0 Å². The summed E-state index contributed by atoms with van der Waals surface area (Å²) in [6.07, 6.45) is 5.32. The summed E-state index contributed by atoms with van der Waals surface area (Å²) in [4.78, 5) is 14.7. The molecule has 1 saturated heterocycles. The van der Waals surface area contributed by atoms with Crippen LogP contribution in [-0.2, 0) is 4.79 Å². The lowest BCUT2D eigenvalue weighted by Crippen LogP contribution is -2.33. The number of benzene rings is 1. The van der Waals surface area contributed by atoms with Gasteiger partial charge < -0.3 is 4.90 Å². The first-order valence-corrected chi connectivity index (χ1v) is 7.49. The maximum atomic E-state index is 12.8. The molecule has 0 saturated carbocycles. The average Bonchev–Trinajstić information content (AvgIpc) is 3.20. The normalized spacial score (nSPS) is 19.7. The van der Waals surface area contributed by atoms with E-state index in [9.17, 15) is 4.79 Å². The number of hydrogen-bond acceptors (Lipinski definition) is 3. The van der Waals surface area contributed by atoms with E-state index in [-0.39, 0.29) is 17.9 Å². The maximum absolute atomic E-state index is 12.8. The minimum Gasteiger partial charge on any atom is -0.340 e. The summed E-state index contributed by atoms with van der Waals surface area (Å²) in [6, 6.07) is 10.3. The third-order valence-electron chi connectivity index (χ3n) is 4.20. The zero-order chi connectivity index (χ0) is 14.7. The van der Waals surface area contributed by atoms with E-state index in [0.29, 0.717) is 0 Å². The molecule has 1 amide bonds. The van der Waals surface area contributed by atoms with Gasteiger partial charge in [0, 0.05) is 19.3 Å². The van der Waals surface area contributed by atoms with Gasteiger partial charge in [0.25, 0.3) is 0 Å². The van der Waals surface area contributed by atoms with Gasteiger partial charge in [-0.15, -0.1) is 5.10 Å². The highest BCUT2D eigenvalue weighted by Gasteiger charge is 2.31. The summed E-state index contributed by atoms with van der Waals surface area (Å²) in [7, 11) is 0. The van der Waals surface area contributed by atoms with Crippen LogP contribution in [0.3, 0.4) is 0 Å². The summed E-state index contributed by atoms with van der Waals surface area (Å²) in [5.74, 6) is 0.187. The number of nitrogens with zero attached hydrogens (tertiary/aromatic N) is 4. The van der Waals surface area contributed by atoms with Crippen molar-refractivity contribution < 1.29 is 4.79 Å². The Hall–Kier alpha value is -2.17. The number of rotatable bonds is 4. The molecule has 5 heteroatoms. The van der Waals surface area contributed by atoms with E-state index >= 15 is 0 Å². The Balaban J connectivity index is 1.70. The number of likely N-dealkylation sites (tertiary alicyclic amines) is 1.